The van der Waals surface area contributed by atoms with Gasteiger partial charge in [-0.1, -0.05) is 25.0 Å². The van der Waals surface area contributed by atoms with Gasteiger partial charge in [-0.15, -0.1) is 0 Å². The van der Waals surface area contributed by atoms with Gasteiger partial charge in [0.05, 0.1) is 7.11 Å². The average Bonchev–Trinajstić information content (AvgIpc) is 2.98. The number of ether oxygens (including phenoxy) is 1. The number of nitrogens with one attached hydrogen (secondary N) is 1. The summed E-state index contributed by atoms with van der Waals surface area (Å²) >= 11 is 0. The van der Waals surface area contributed by atoms with E-state index in [-0.39, 0.29) is 5.91 Å². The van der Waals surface area contributed by atoms with Crippen LogP contribution in [0.2, 0.25) is 0 Å². The van der Waals surface area contributed by atoms with Crippen LogP contribution < -0.4 is 15.0 Å². The van der Waals surface area contributed by atoms with Crippen LogP contribution in [0.25, 0.3) is 0 Å². The highest BCUT2D eigenvalue weighted by molar-refractivity contribution is 5.92. The van der Waals surface area contributed by atoms with Gasteiger partial charge in [0.15, 0.2) is 0 Å². The number of methoxy groups -OCH3 is 1. The summed E-state index contributed by atoms with van der Waals surface area (Å²) < 4.78 is 5.15. The standard InChI is InChI=1S/C20H26N4O2/c1-26-17-8-6-16(7-9-17)10-11-21-20(25)18-14-19(23-15-22-18)24-12-4-2-3-5-13-24/h6-9,14-15H,2-5,10-13H2,1H3,(H,21,25). The highest BCUT2D eigenvalue weighted by Crippen LogP contribution is 2.17. The highest BCUT2D eigenvalue weighted by atomic mass is 16.5. The maximum Gasteiger partial charge on any atom is 0.270 e. The van der Waals surface area contributed by atoms with Gasteiger partial charge in [0.1, 0.15) is 23.6 Å². The van der Waals surface area contributed by atoms with Gasteiger partial charge in [-0.05, 0) is 37.0 Å². The Bertz CT molecular complexity index is 710. The Kier molecular flexibility index (Phi) is 6.41. The quantitative estimate of drug-likeness (QED) is 0.864. The molecule has 2 aromatic rings. The third-order valence-corrected chi connectivity index (χ3v) is 4.67. The van der Waals surface area contributed by atoms with Gasteiger partial charge >= 0.3 is 0 Å². The molecule has 0 radical (unpaired) electrons. The molecule has 1 aliphatic heterocycles. The first-order valence-corrected chi connectivity index (χ1v) is 9.24. The van der Waals surface area contributed by atoms with Crippen LogP contribution in [-0.4, -0.2) is 42.6 Å². The normalized spacial score (nSPS) is 14.6. The number of carbonyl (C=O) groups excluding carboxylic acids is 1. The first-order valence-electron chi connectivity index (χ1n) is 9.24. The minimum atomic E-state index is -0.156. The van der Waals surface area contributed by atoms with Crippen molar-refractivity contribution in [1.29, 1.82) is 0 Å². The van der Waals surface area contributed by atoms with Crippen molar-refractivity contribution in [2.75, 3.05) is 31.6 Å². The number of anilines is 1. The summed E-state index contributed by atoms with van der Waals surface area (Å²) in [6.07, 6.45) is 7.12. The third-order valence-electron chi connectivity index (χ3n) is 4.67. The van der Waals surface area contributed by atoms with Crippen LogP contribution in [0, 0.1) is 0 Å². The van der Waals surface area contributed by atoms with Gasteiger partial charge < -0.3 is 15.0 Å². The Morgan fingerprint density at radius 3 is 2.54 bits per heavy atom. The molecule has 1 amide bonds. The molecule has 0 saturated carbocycles. The van der Waals surface area contributed by atoms with Crippen molar-refractivity contribution < 1.29 is 9.53 Å². The van der Waals surface area contributed by atoms with Gasteiger partial charge in [-0.25, -0.2) is 9.97 Å². The van der Waals surface area contributed by atoms with Crippen molar-refractivity contribution in [3.05, 3.63) is 47.9 Å². The molecule has 0 bridgehead atoms. The van der Waals surface area contributed by atoms with Crippen LogP contribution in [0.15, 0.2) is 36.7 Å². The van der Waals surface area contributed by atoms with E-state index in [2.05, 4.69) is 20.2 Å². The van der Waals surface area contributed by atoms with Crippen molar-refractivity contribution in [3.8, 4) is 5.75 Å². The van der Waals surface area contributed by atoms with Gasteiger partial charge in [0.25, 0.3) is 5.91 Å². The molecular weight excluding hydrogens is 328 g/mol. The van der Waals surface area contributed by atoms with Crippen LogP contribution in [0.4, 0.5) is 5.82 Å². The van der Waals surface area contributed by atoms with Crippen LogP contribution in [-0.2, 0) is 6.42 Å². The average molecular weight is 354 g/mol. The summed E-state index contributed by atoms with van der Waals surface area (Å²) in [6.45, 7) is 2.55. The molecule has 1 aromatic carbocycles. The van der Waals surface area contributed by atoms with E-state index in [9.17, 15) is 4.79 Å². The van der Waals surface area contributed by atoms with E-state index in [1.165, 1.54) is 32.0 Å². The largest absolute Gasteiger partial charge is 0.497 e. The molecule has 26 heavy (non-hydrogen) atoms. The fourth-order valence-corrected chi connectivity index (χ4v) is 3.15. The lowest BCUT2D eigenvalue weighted by Gasteiger charge is -2.21. The number of benzene rings is 1. The van der Waals surface area contributed by atoms with Crippen molar-refractivity contribution in [2.45, 2.75) is 32.1 Å². The zero-order valence-corrected chi connectivity index (χ0v) is 15.3. The molecular formula is C20H26N4O2. The second-order valence-corrected chi connectivity index (χ2v) is 6.52. The van der Waals surface area contributed by atoms with E-state index in [0.717, 1.165) is 36.6 Å². The minimum Gasteiger partial charge on any atom is -0.497 e. The van der Waals surface area contributed by atoms with E-state index in [4.69, 9.17) is 4.74 Å². The van der Waals surface area contributed by atoms with E-state index in [0.29, 0.717) is 12.2 Å². The Morgan fingerprint density at radius 2 is 1.85 bits per heavy atom. The topological polar surface area (TPSA) is 67.3 Å². The Hall–Kier alpha value is -2.63. The van der Waals surface area contributed by atoms with Gasteiger partial charge in [0, 0.05) is 25.7 Å². The molecule has 1 aliphatic rings. The first kappa shape index (κ1) is 18.2. The Balaban J connectivity index is 1.54. The van der Waals surface area contributed by atoms with E-state index >= 15 is 0 Å². The molecule has 0 spiro atoms. The zero-order valence-electron chi connectivity index (χ0n) is 15.3. The molecule has 6 heteroatoms. The van der Waals surface area contributed by atoms with Crippen LogP contribution in [0.5, 0.6) is 5.75 Å². The number of nitrogens with zero attached hydrogens (tertiary/aromatic N) is 3. The summed E-state index contributed by atoms with van der Waals surface area (Å²) in [7, 11) is 1.65. The number of hydrogen-bond donors (Lipinski definition) is 1. The first-order chi connectivity index (χ1) is 12.8. The van der Waals surface area contributed by atoms with Crippen molar-refractivity contribution in [2.24, 2.45) is 0 Å². The number of aromatic nitrogens is 2. The van der Waals surface area contributed by atoms with E-state index < -0.39 is 0 Å². The minimum absolute atomic E-state index is 0.156. The molecule has 2 heterocycles. The maximum absolute atomic E-state index is 12.4. The number of rotatable bonds is 6. The van der Waals surface area contributed by atoms with Crippen LogP contribution in [0.3, 0.4) is 0 Å². The molecule has 138 valence electrons. The second kappa shape index (κ2) is 9.17. The number of amides is 1. The van der Waals surface area contributed by atoms with Gasteiger partial charge in [-0.2, -0.15) is 0 Å². The molecule has 1 saturated heterocycles. The van der Waals surface area contributed by atoms with Crippen LogP contribution >= 0.6 is 0 Å². The molecule has 1 fully saturated rings. The monoisotopic (exact) mass is 354 g/mol. The Morgan fingerprint density at radius 1 is 1.12 bits per heavy atom. The molecule has 0 unspecified atom stereocenters. The van der Waals surface area contributed by atoms with Crippen LogP contribution in [0.1, 0.15) is 41.7 Å². The fraction of sp³-hybridized carbons (Fsp3) is 0.450. The Labute approximate surface area is 154 Å². The van der Waals surface area contributed by atoms with Crippen molar-refractivity contribution in [3.63, 3.8) is 0 Å². The molecule has 6 nitrogen and oxygen atoms in total. The summed E-state index contributed by atoms with van der Waals surface area (Å²) in [5, 5.41) is 2.94. The number of carbonyl (C=O) groups is 1. The molecule has 3 rings (SSSR count). The van der Waals surface area contributed by atoms with E-state index in [1.807, 2.05) is 24.3 Å². The molecule has 1 N–H and O–H groups in total. The molecule has 0 atom stereocenters. The maximum atomic E-state index is 12.4. The SMILES string of the molecule is COc1ccc(CCNC(=O)c2cc(N3CCCCCC3)ncn2)cc1. The summed E-state index contributed by atoms with van der Waals surface area (Å²) in [6, 6.07) is 9.67. The predicted octanol–water partition coefficient (Wildman–Crippen LogP) is 2.84. The van der Waals surface area contributed by atoms with Gasteiger partial charge in [0.2, 0.25) is 0 Å². The lowest BCUT2D eigenvalue weighted by atomic mass is 10.1. The fourth-order valence-electron chi connectivity index (χ4n) is 3.15. The molecule has 1 aromatic heterocycles. The number of hydrogen-bond acceptors (Lipinski definition) is 5. The lowest BCUT2D eigenvalue weighted by Crippen LogP contribution is -2.28. The van der Waals surface area contributed by atoms with Gasteiger partial charge in [-0.3, -0.25) is 4.79 Å². The third kappa shape index (κ3) is 4.94. The molecule has 0 aliphatic carbocycles. The van der Waals surface area contributed by atoms with Crippen molar-refractivity contribution >= 4 is 11.7 Å². The summed E-state index contributed by atoms with van der Waals surface area (Å²) in [4.78, 5) is 23.1. The second-order valence-electron chi connectivity index (χ2n) is 6.52. The van der Waals surface area contributed by atoms with E-state index in [1.54, 1.807) is 13.2 Å². The lowest BCUT2D eigenvalue weighted by molar-refractivity contribution is 0.0949. The predicted molar refractivity (Wildman–Crippen MR) is 102 cm³/mol. The summed E-state index contributed by atoms with van der Waals surface area (Å²) in [5.41, 5.74) is 1.58. The zero-order chi connectivity index (χ0) is 18.2. The van der Waals surface area contributed by atoms with Crippen molar-refractivity contribution in [1.82, 2.24) is 15.3 Å². The highest BCUT2D eigenvalue weighted by Gasteiger charge is 2.14. The smallest absolute Gasteiger partial charge is 0.270 e. The summed E-state index contributed by atoms with van der Waals surface area (Å²) in [5.74, 6) is 1.53.